The number of hydrogen-bond acceptors (Lipinski definition) is 2. The molecule has 0 spiro atoms. The average molecular weight is 322 g/mol. The zero-order chi connectivity index (χ0) is 16.9. The van der Waals surface area contributed by atoms with Crippen molar-refractivity contribution in [3.8, 4) is 0 Å². The molecule has 0 amide bonds. The highest BCUT2D eigenvalue weighted by atomic mass is 19.1. The second-order valence-corrected chi connectivity index (χ2v) is 5.34. The molecule has 0 saturated carbocycles. The summed E-state index contributed by atoms with van der Waals surface area (Å²) in [5, 5.41) is 8.97. The third kappa shape index (κ3) is 3.76. The Kier molecular flexibility index (Phi) is 4.52. The van der Waals surface area contributed by atoms with E-state index in [9.17, 15) is 9.18 Å². The van der Waals surface area contributed by atoms with E-state index in [1.165, 1.54) is 12.1 Å². The fraction of sp³-hybridized carbons (Fsp3) is 0.0526. The molecule has 5 heteroatoms. The molecular weight excluding hydrogens is 307 g/mol. The van der Waals surface area contributed by atoms with Crippen molar-refractivity contribution in [3.05, 3.63) is 89.8 Å². The van der Waals surface area contributed by atoms with Gasteiger partial charge in [-0.3, -0.25) is 0 Å². The van der Waals surface area contributed by atoms with Crippen LogP contribution in [0.3, 0.4) is 0 Å². The lowest BCUT2D eigenvalue weighted by molar-refractivity contribution is 0.0697. The van der Waals surface area contributed by atoms with Gasteiger partial charge in [-0.1, -0.05) is 24.3 Å². The van der Waals surface area contributed by atoms with Crippen LogP contribution in [-0.4, -0.2) is 20.6 Å². The van der Waals surface area contributed by atoms with Crippen molar-refractivity contribution in [2.75, 3.05) is 0 Å². The summed E-state index contributed by atoms with van der Waals surface area (Å²) in [5.41, 5.74) is 2.98. The lowest BCUT2D eigenvalue weighted by Crippen LogP contribution is -1.99. The molecule has 24 heavy (non-hydrogen) atoms. The van der Waals surface area contributed by atoms with Gasteiger partial charge in [0.15, 0.2) is 0 Å². The zero-order valence-electron chi connectivity index (χ0n) is 12.8. The summed E-state index contributed by atoms with van der Waals surface area (Å²) < 4.78 is 15.1. The van der Waals surface area contributed by atoms with Crippen molar-refractivity contribution in [2.45, 2.75) is 6.54 Å². The molecule has 0 saturated heterocycles. The molecule has 1 aromatic heterocycles. The second kappa shape index (κ2) is 6.91. The molecule has 0 bridgehead atoms. The molecule has 3 aromatic rings. The number of rotatable bonds is 5. The summed E-state index contributed by atoms with van der Waals surface area (Å²) in [6.45, 7) is 0.576. The lowest BCUT2D eigenvalue weighted by atomic mass is 10.0. The minimum atomic E-state index is -0.956. The summed E-state index contributed by atoms with van der Waals surface area (Å²) >= 11 is 0. The molecule has 0 aliphatic heterocycles. The average Bonchev–Trinajstić information content (AvgIpc) is 3.08. The van der Waals surface area contributed by atoms with Gasteiger partial charge in [0.25, 0.3) is 0 Å². The van der Waals surface area contributed by atoms with E-state index in [1.54, 1.807) is 48.9 Å². The van der Waals surface area contributed by atoms with Gasteiger partial charge in [0.05, 0.1) is 11.9 Å². The van der Waals surface area contributed by atoms with E-state index in [0.717, 1.165) is 16.7 Å². The number of aromatic carboxylic acids is 1. The summed E-state index contributed by atoms with van der Waals surface area (Å²) in [6.07, 6.45) is 7.22. The lowest BCUT2D eigenvalue weighted by Gasteiger charge is -2.10. The molecule has 0 fully saturated rings. The minimum Gasteiger partial charge on any atom is -0.478 e. The van der Waals surface area contributed by atoms with Gasteiger partial charge >= 0.3 is 5.97 Å². The predicted molar refractivity (Wildman–Crippen MR) is 89.9 cm³/mol. The van der Waals surface area contributed by atoms with Crippen LogP contribution >= 0.6 is 0 Å². The van der Waals surface area contributed by atoms with Crippen molar-refractivity contribution in [1.29, 1.82) is 0 Å². The number of carboxylic acids is 1. The van der Waals surface area contributed by atoms with E-state index in [-0.39, 0.29) is 11.4 Å². The van der Waals surface area contributed by atoms with Gasteiger partial charge in [0.2, 0.25) is 0 Å². The van der Waals surface area contributed by atoms with Crippen LogP contribution in [0.5, 0.6) is 0 Å². The van der Waals surface area contributed by atoms with E-state index in [4.69, 9.17) is 5.11 Å². The largest absolute Gasteiger partial charge is 0.478 e. The highest BCUT2D eigenvalue weighted by Crippen LogP contribution is 2.21. The summed E-state index contributed by atoms with van der Waals surface area (Å²) in [6, 6.07) is 12.9. The van der Waals surface area contributed by atoms with Gasteiger partial charge in [-0.2, -0.15) is 0 Å². The maximum atomic E-state index is 13.2. The number of aromatic nitrogens is 2. The van der Waals surface area contributed by atoms with Crippen molar-refractivity contribution in [3.63, 3.8) is 0 Å². The van der Waals surface area contributed by atoms with Crippen LogP contribution in [0, 0.1) is 5.82 Å². The molecule has 3 rings (SSSR count). The summed E-state index contributed by atoms with van der Waals surface area (Å²) in [4.78, 5) is 15.0. The molecule has 2 aromatic carbocycles. The Morgan fingerprint density at radius 1 is 1.08 bits per heavy atom. The Balaban J connectivity index is 1.96. The second-order valence-electron chi connectivity index (χ2n) is 5.34. The Morgan fingerprint density at radius 2 is 1.75 bits per heavy atom. The highest BCUT2D eigenvalue weighted by Gasteiger charge is 2.06. The maximum Gasteiger partial charge on any atom is 0.335 e. The zero-order valence-corrected chi connectivity index (χ0v) is 12.8. The van der Waals surface area contributed by atoms with Crippen molar-refractivity contribution < 1.29 is 14.3 Å². The highest BCUT2D eigenvalue weighted by molar-refractivity contribution is 5.88. The van der Waals surface area contributed by atoms with Gasteiger partial charge in [-0.05, 0) is 47.0 Å². The van der Waals surface area contributed by atoms with Crippen LogP contribution in [0.1, 0.15) is 21.5 Å². The first kappa shape index (κ1) is 15.7. The third-order valence-corrected chi connectivity index (χ3v) is 3.63. The van der Waals surface area contributed by atoms with Gasteiger partial charge in [0, 0.05) is 18.9 Å². The third-order valence-electron chi connectivity index (χ3n) is 3.63. The Bertz CT molecular complexity index is 851. The van der Waals surface area contributed by atoms with Gasteiger partial charge in [-0.25, -0.2) is 14.2 Å². The maximum absolute atomic E-state index is 13.2. The number of allylic oxidation sites excluding steroid dienone is 1. The van der Waals surface area contributed by atoms with E-state index in [0.29, 0.717) is 6.54 Å². The number of nitrogens with zero attached hydrogens (tertiary/aromatic N) is 2. The van der Waals surface area contributed by atoms with Crippen LogP contribution < -0.4 is 0 Å². The van der Waals surface area contributed by atoms with Crippen molar-refractivity contribution in [1.82, 2.24) is 9.55 Å². The number of hydrogen-bond donors (Lipinski definition) is 1. The summed E-state index contributed by atoms with van der Waals surface area (Å²) in [5.74, 6) is -1.24. The fourth-order valence-corrected chi connectivity index (χ4v) is 2.38. The first-order chi connectivity index (χ1) is 11.6. The molecule has 0 aliphatic carbocycles. The molecule has 120 valence electrons. The fourth-order valence-electron chi connectivity index (χ4n) is 2.38. The van der Waals surface area contributed by atoms with E-state index < -0.39 is 5.97 Å². The summed E-state index contributed by atoms with van der Waals surface area (Å²) in [7, 11) is 0. The molecule has 1 heterocycles. The van der Waals surface area contributed by atoms with Crippen LogP contribution in [0.25, 0.3) is 11.6 Å². The Hall–Kier alpha value is -3.21. The standard InChI is InChI=1S/C19H15FN2O2/c20-18-7-5-15(6-8-18)17(12-22-10-9-21-13-22)11-14-1-3-16(4-2-14)19(23)24/h1-11,13H,12H2,(H,23,24)/b17-11+. The molecule has 1 N–H and O–H groups in total. The first-order valence-corrected chi connectivity index (χ1v) is 7.37. The van der Waals surface area contributed by atoms with E-state index in [1.807, 2.05) is 16.8 Å². The first-order valence-electron chi connectivity index (χ1n) is 7.37. The van der Waals surface area contributed by atoms with E-state index in [2.05, 4.69) is 4.98 Å². The monoisotopic (exact) mass is 322 g/mol. The van der Waals surface area contributed by atoms with E-state index >= 15 is 0 Å². The number of halogens is 1. The van der Waals surface area contributed by atoms with Crippen molar-refractivity contribution in [2.24, 2.45) is 0 Å². The number of imidazole rings is 1. The topological polar surface area (TPSA) is 55.1 Å². The van der Waals surface area contributed by atoms with Gasteiger partial charge in [0.1, 0.15) is 5.82 Å². The number of carbonyl (C=O) groups is 1. The Labute approximate surface area is 138 Å². The normalized spacial score (nSPS) is 11.5. The molecule has 0 radical (unpaired) electrons. The quantitative estimate of drug-likeness (QED) is 0.723. The minimum absolute atomic E-state index is 0.241. The van der Waals surface area contributed by atoms with Crippen LogP contribution in [0.15, 0.2) is 67.3 Å². The van der Waals surface area contributed by atoms with Gasteiger partial charge in [-0.15, -0.1) is 0 Å². The molecule has 0 atom stereocenters. The molecule has 0 unspecified atom stereocenters. The van der Waals surface area contributed by atoms with Crippen LogP contribution in [0.2, 0.25) is 0 Å². The molecule has 0 aliphatic rings. The van der Waals surface area contributed by atoms with Crippen LogP contribution in [0.4, 0.5) is 4.39 Å². The molecular formula is C19H15FN2O2. The van der Waals surface area contributed by atoms with Crippen LogP contribution in [-0.2, 0) is 6.54 Å². The number of benzene rings is 2. The Morgan fingerprint density at radius 3 is 2.33 bits per heavy atom. The predicted octanol–water partition coefficient (Wildman–Crippen LogP) is 3.96. The van der Waals surface area contributed by atoms with Gasteiger partial charge < -0.3 is 9.67 Å². The number of carboxylic acid groups (broad SMARTS) is 1. The van der Waals surface area contributed by atoms with Crippen molar-refractivity contribution >= 4 is 17.6 Å². The molecule has 4 nitrogen and oxygen atoms in total. The SMILES string of the molecule is O=C(O)c1ccc(/C=C(\Cn2ccnc2)c2ccc(F)cc2)cc1. The smallest absolute Gasteiger partial charge is 0.335 e.